The van der Waals surface area contributed by atoms with E-state index in [0.717, 1.165) is 43.6 Å². The van der Waals surface area contributed by atoms with Crippen LogP contribution in [0.25, 0.3) is 11.1 Å². The van der Waals surface area contributed by atoms with Crippen molar-refractivity contribution in [1.29, 1.82) is 0 Å². The fourth-order valence-electron chi connectivity index (χ4n) is 5.68. The van der Waals surface area contributed by atoms with Crippen LogP contribution in [0.4, 0.5) is 8.78 Å². The van der Waals surface area contributed by atoms with Crippen LogP contribution in [-0.2, 0) is 0 Å². The van der Waals surface area contributed by atoms with Crippen molar-refractivity contribution in [2.45, 2.75) is 25.0 Å². The average molecular weight is 650 g/mol. The lowest BCUT2D eigenvalue weighted by molar-refractivity contribution is 0.0535. The molecule has 2 amide bonds. The second kappa shape index (κ2) is 15.0. The molecule has 0 bridgehead atoms. The zero-order valence-electron chi connectivity index (χ0n) is 24.1. The van der Waals surface area contributed by atoms with Crippen molar-refractivity contribution >= 4 is 36.6 Å². The van der Waals surface area contributed by atoms with E-state index >= 15 is 0 Å². The lowest BCUT2D eigenvalue weighted by Crippen LogP contribution is -2.50. The second-order valence-corrected chi connectivity index (χ2v) is 10.9. The van der Waals surface area contributed by atoms with Crippen molar-refractivity contribution < 1.29 is 27.8 Å². The fourth-order valence-corrected chi connectivity index (χ4v) is 5.68. The molecule has 2 atom stereocenters. The maximum atomic E-state index is 14.4. The third-order valence-electron chi connectivity index (χ3n) is 7.98. The van der Waals surface area contributed by atoms with Gasteiger partial charge in [-0.3, -0.25) is 9.59 Å². The number of amides is 2. The van der Waals surface area contributed by atoms with Crippen LogP contribution in [0, 0.1) is 11.6 Å². The van der Waals surface area contributed by atoms with Gasteiger partial charge in [-0.05, 0) is 74.0 Å². The number of ether oxygens (including phenoxy) is 2. The zero-order chi connectivity index (χ0) is 29.1. The van der Waals surface area contributed by atoms with Crippen LogP contribution in [0.3, 0.4) is 0 Å². The molecule has 0 unspecified atom stereocenters. The Bertz CT molecular complexity index is 1440. The number of benzene rings is 3. The summed E-state index contributed by atoms with van der Waals surface area (Å²) in [6.45, 7) is 4.49. The molecule has 6 rings (SSSR count). The van der Waals surface area contributed by atoms with Gasteiger partial charge in [0.1, 0.15) is 35.3 Å². The minimum Gasteiger partial charge on any atom is -0.489 e. The number of hydrogen-bond acceptors (Lipinski definition) is 6. The summed E-state index contributed by atoms with van der Waals surface area (Å²) >= 11 is 0. The summed E-state index contributed by atoms with van der Waals surface area (Å²) < 4.78 is 40.1. The molecule has 3 fully saturated rings. The Morgan fingerprint density at radius 1 is 0.682 bits per heavy atom. The topological polar surface area (TPSA) is 83.1 Å². The van der Waals surface area contributed by atoms with Gasteiger partial charge in [0.05, 0.1) is 0 Å². The van der Waals surface area contributed by atoms with Crippen molar-refractivity contribution in [3.05, 3.63) is 83.4 Å². The van der Waals surface area contributed by atoms with Gasteiger partial charge in [-0.15, -0.1) is 24.8 Å². The number of hydrogen-bond donors (Lipinski definition) is 2. The number of rotatable bonds is 7. The van der Waals surface area contributed by atoms with E-state index in [4.69, 9.17) is 9.47 Å². The quantitative estimate of drug-likeness (QED) is 0.391. The van der Waals surface area contributed by atoms with Crippen molar-refractivity contribution in [2.75, 3.05) is 52.4 Å². The molecule has 0 aromatic heterocycles. The third kappa shape index (κ3) is 7.79. The molecule has 3 heterocycles. The van der Waals surface area contributed by atoms with Gasteiger partial charge in [-0.2, -0.15) is 0 Å². The van der Waals surface area contributed by atoms with Crippen LogP contribution in [0.15, 0.2) is 60.7 Å². The Balaban J connectivity index is 0.00000221. The third-order valence-corrected chi connectivity index (χ3v) is 7.98. The molecule has 3 aromatic rings. The van der Waals surface area contributed by atoms with E-state index in [1.165, 1.54) is 24.3 Å². The molecule has 0 radical (unpaired) electrons. The molecule has 2 N–H and O–H groups in total. The fraction of sp³-hybridized carbons (Fsp3) is 0.375. The monoisotopic (exact) mass is 648 g/mol. The molecule has 0 spiro atoms. The standard InChI is InChI=1S/C32H34F2N4O4.2ClH/c33-24-4-1-21(2-5-24)29-17-22(3-6-30(29)42-27-8-10-36-20-27)31(39)37-11-13-38(14-12-37)32(40)23-15-25(34)18-28(16-23)41-26-7-9-35-19-26;;/h1-6,15-18,26-27,35-36H,7-14,19-20H2;2*1H/t26-,27+;;/m1../s1. The van der Waals surface area contributed by atoms with Gasteiger partial charge in [0.2, 0.25) is 0 Å². The lowest BCUT2D eigenvalue weighted by Gasteiger charge is -2.35. The highest BCUT2D eigenvalue weighted by Crippen LogP contribution is 2.33. The average Bonchev–Trinajstić information content (AvgIpc) is 3.72. The highest BCUT2D eigenvalue weighted by atomic mass is 35.5. The van der Waals surface area contributed by atoms with Gasteiger partial charge < -0.3 is 29.9 Å². The van der Waals surface area contributed by atoms with Crippen LogP contribution >= 0.6 is 24.8 Å². The lowest BCUT2D eigenvalue weighted by atomic mass is 10.0. The van der Waals surface area contributed by atoms with Crippen LogP contribution in [0.2, 0.25) is 0 Å². The van der Waals surface area contributed by atoms with Gasteiger partial charge >= 0.3 is 0 Å². The summed E-state index contributed by atoms with van der Waals surface area (Å²) in [5.74, 6) is -0.332. The Hall–Kier alpha value is -3.44. The van der Waals surface area contributed by atoms with E-state index in [1.807, 2.05) is 0 Å². The van der Waals surface area contributed by atoms with Crippen molar-refractivity contribution in [3.63, 3.8) is 0 Å². The van der Waals surface area contributed by atoms with E-state index < -0.39 is 5.82 Å². The summed E-state index contributed by atoms with van der Waals surface area (Å²) in [5.41, 5.74) is 2.19. The Labute approximate surface area is 267 Å². The van der Waals surface area contributed by atoms with E-state index in [9.17, 15) is 18.4 Å². The summed E-state index contributed by atoms with van der Waals surface area (Å²) in [6, 6.07) is 15.6. The molecular formula is C32H36Cl2F2N4O4. The molecule has 3 aromatic carbocycles. The largest absolute Gasteiger partial charge is 0.489 e. The predicted molar refractivity (Wildman–Crippen MR) is 168 cm³/mol. The molecule has 12 heteroatoms. The summed E-state index contributed by atoms with van der Waals surface area (Å²) in [7, 11) is 0. The molecule has 3 aliphatic heterocycles. The summed E-state index contributed by atoms with van der Waals surface area (Å²) in [5, 5.41) is 6.49. The Kier molecular flexibility index (Phi) is 11.4. The number of piperazine rings is 1. The molecule has 44 heavy (non-hydrogen) atoms. The van der Waals surface area contributed by atoms with Crippen molar-refractivity contribution in [2.24, 2.45) is 0 Å². The number of nitrogens with zero attached hydrogens (tertiary/aromatic N) is 2. The van der Waals surface area contributed by atoms with Crippen LogP contribution < -0.4 is 20.1 Å². The number of carbonyl (C=O) groups is 2. The van der Waals surface area contributed by atoms with Crippen molar-refractivity contribution in [3.8, 4) is 22.6 Å². The molecule has 3 aliphatic rings. The first kappa shape index (κ1) is 33.5. The minimum absolute atomic E-state index is 0. The first-order valence-electron chi connectivity index (χ1n) is 14.5. The van der Waals surface area contributed by atoms with Gasteiger partial charge in [-0.1, -0.05) is 12.1 Å². The Morgan fingerprint density at radius 2 is 1.27 bits per heavy atom. The molecule has 236 valence electrons. The van der Waals surface area contributed by atoms with Crippen LogP contribution in [-0.4, -0.2) is 86.2 Å². The van der Waals surface area contributed by atoms with Gasteiger partial charge in [0.15, 0.2) is 0 Å². The maximum absolute atomic E-state index is 14.4. The van der Waals surface area contributed by atoms with E-state index in [1.54, 1.807) is 46.2 Å². The van der Waals surface area contributed by atoms with E-state index in [2.05, 4.69) is 10.6 Å². The first-order valence-corrected chi connectivity index (χ1v) is 14.5. The van der Waals surface area contributed by atoms with Crippen LogP contribution in [0.5, 0.6) is 11.5 Å². The smallest absolute Gasteiger partial charge is 0.254 e. The van der Waals surface area contributed by atoms with Gasteiger partial charge in [0, 0.05) is 62.0 Å². The van der Waals surface area contributed by atoms with Gasteiger partial charge in [-0.25, -0.2) is 8.78 Å². The molecular weight excluding hydrogens is 613 g/mol. The molecule has 0 aliphatic carbocycles. The second-order valence-electron chi connectivity index (χ2n) is 10.9. The SMILES string of the molecule is Cl.Cl.O=C(c1cc(F)cc(O[C@@H]2CCNC2)c1)N1CCN(C(=O)c2ccc(O[C@H]3CCNC3)c(-c3ccc(F)cc3)c2)CC1. The predicted octanol–water partition coefficient (Wildman–Crippen LogP) is 4.56. The van der Waals surface area contributed by atoms with E-state index in [0.29, 0.717) is 49.8 Å². The summed E-state index contributed by atoms with van der Waals surface area (Å²) in [4.78, 5) is 30.1. The van der Waals surface area contributed by atoms with Crippen LogP contribution in [0.1, 0.15) is 33.6 Å². The Morgan fingerprint density at radius 3 is 1.86 bits per heavy atom. The number of nitrogens with one attached hydrogen (secondary N) is 2. The van der Waals surface area contributed by atoms with E-state index in [-0.39, 0.29) is 60.2 Å². The van der Waals surface area contributed by atoms with Crippen molar-refractivity contribution in [1.82, 2.24) is 20.4 Å². The number of halogens is 4. The first-order chi connectivity index (χ1) is 20.4. The zero-order valence-corrected chi connectivity index (χ0v) is 25.7. The normalized spacial score (nSPS) is 19.6. The molecule has 3 saturated heterocycles. The summed E-state index contributed by atoms with van der Waals surface area (Å²) in [6.07, 6.45) is 1.69. The molecule has 0 saturated carbocycles. The minimum atomic E-state index is -0.524. The maximum Gasteiger partial charge on any atom is 0.254 e. The van der Waals surface area contributed by atoms with Gasteiger partial charge in [0.25, 0.3) is 11.8 Å². The highest BCUT2D eigenvalue weighted by molar-refractivity contribution is 5.97. The molecule has 8 nitrogen and oxygen atoms in total. The number of carbonyl (C=O) groups excluding carboxylic acids is 2. The highest BCUT2D eigenvalue weighted by Gasteiger charge is 2.28.